The summed E-state index contributed by atoms with van der Waals surface area (Å²) in [6.45, 7) is 1.78. The van der Waals surface area contributed by atoms with Crippen molar-refractivity contribution in [1.29, 1.82) is 0 Å². The van der Waals surface area contributed by atoms with E-state index in [9.17, 15) is 14.9 Å². The van der Waals surface area contributed by atoms with Crippen LogP contribution in [-0.2, 0) is 11.3 Å². The van der Waals surface area contributed by atoms with Crippen LogP contribution < -0.4 is 15.0 Å². The molecule has 3 heterocycles. The van der Waals surface area contributed by atoms with E-state index >= 15 is 4.39 Å². The summed E-state index contributed by atoms with van der Waals surface area (Å²) in [7, 11) is 0. The molecule has 2 aromatic heterocycles. The van der Waals surface area contributed by atoms with Crippen LogP contribution in [0, 0.1) is 15.9 Å². The molecule has 13 heteroatoms. The first-order chi connectivity index (χ1) is 18.5. The van der Waals surface area contributed by atoms with E-state index in [2.05, 4.69) is 15.6 Å². The molecule has 0 spiro atoms. The smallest absolute Gasteiger partial charge is 0.273 e. The molecule has 5 rings (SSSR count). The van der Waals surface area contributed by atoms with Gasteiger partial charge in [-0.3, -0.25) is 14.9 Å². The van der Waals surface area contributed by atoms with E-state index in [0.717, 1.165) is 0 Å². The van der Waals surface area contributed by atoms with Gasteiger partial charge in [-0.25, -0.2) is 4.39 Å². The molecule has 4 aromatic rings. The fourth-order valence-corrected chi connectivity index (χ4v) is 4.06. The van der Waals surface area contributed by atoms with Gasteiger partial charge in [-0.15, -0.1) is 0 Å². The lowest BCUT2D eigenvalue weighted by Gasteiger charge is -2.36. The highest BCUT2D eigenvalue weighted by Crippen LogP contribution is 2.27. The molecule has 0 radical (unpaired) electrons. The van der Waals surface area contributed by atoms with Gasteiger partial charge in [0.2, 0.25) is 0 Å². The molecule has 1 aliphatic heterocycles. The Labute approximate surface area is 215 Å². The van der Waals surface area contributed by atoms with Gasteiger partial charge in [0.1, 0.15) is 23.5 Å². The normalized spacial score (nSPS) is 13.4. The lowest BCUT2D eigenvalue weighted by atomic mass is 10.1. The highest BCUT2D eigenvalue weighted by Gasteiger charge is 2.24. The van der Waals surface area contributed by atoms with Crippen LogP contribution in [0.1, 0.15) is 5.76 Å². The van der Waals surface area contributed by atoms with Gasteiger partial charge in [0.25, 0.3) is 11.6 Å². The number of hydrogen-bond acceptors (Lipinski definition) is 10. The molecular weight excluding hydrogens is 499 g/mol. The van der Waals surface area contributed by atoms with Crippen molar-refractivity contribution < 1.29 is 27.9 Å². The number of carbonyl (C=O) groups excluding carboxylic acids is 1. The number of nitrogens with one attached hydrogen (secondary N) is 1. The summed E-state index contributed by atoms with van der Waals surface area (Å²) in [5.41, 5.74) is 1.41. The number of non-ortho nitro benzene ring substituents is 1. The number of piperazine rings is 1. The predicted octanol–water partition coefficient (Wildman–Crippen LogP) is 3.72. The Bertz CT molecular complexity index is 1420. The monoisotopic (exact) mass is 522 g/mol. The maximum Gasteiger partial charge on any atom is 0.273 e. The van der Waals surface area contributed by atoms with E-state index in [-0.39, 0.29) is 24.0 Å². The Morgan fingerprint density at radius 2 is 1.95 bits per heavy atom. The summed E-state index contributed by atoms with van der Waals surface area (Å²) >= 11 is 0. The number of carbonyl (C=O) groups is 1. The van der Waals surface area contributed by atoms with Crippen LogP contribution >= 0.6 is 0 Å². The molecule has 0 atom stereocenters. The van der Waals surface area contributed by atoms with Gasteiger partial charge in [0, 0.05) is 49.9 Å². The minimum atomic E-state index is -0.526. The second-order valence-electron chi connectivity index (χ2n) is 8.49. The van der Waals surface area contributed by atoms with Crippen molar-refractivity contribution in [1.82, 2.24) is 15.2 Å². The van der Waals surface area contributed by atoms with Crippen LogP contribution in [0.5, 0.6) is 5.75 Å². The molecule has 0 saturated carbocycles. The van der Waals surface area contributed by atoms with Crippen molar-refractivity contribution in [2.75, 3.05) is 43.0 Å². The number of anilines is 2. The van der Waals surface area contributed by atoms with Crippen LogP contribution in [0.4, 0.5) is 21.6 Å². The Hall–Kier alpha value is -4.94. The van der Waals surface area contributed by atoms with E-state index in [0.29, 0.717) is 61.2 Å². The first-order valence-corrected chi connectivity index (χ1v) is 11.8. The summed E-state index contributed by atoms with van der Waals surface area (Å²) in [4.78, 5) is 26.4. The third kappa shape index (κ3) is 5.72. The maximum absolute atomic E-state index is 15.0. The van der Waals surface area contributed by atoms with Crippen molar-refractivity contribution in [2.45, 2.75) is 6.54 Å². The zero-order chi connectivity index (χ0) is 26.5. The largest absolute Gasteiger partial charge is 0.484 e. The molecule has 1 N–H and O–H groups in total. The molecule has 0 bridgehead atoms. The Kier molecular flexibility index (Phi) is 7.15. The highest BCUT2D eigenvalue weighted by atomic mass is 19.1. The third-order valence-corrected chi connectivity index (χ3v) is 6.05. The number of halogens is 1. The van der Waals surface area contributed by atoms with Gasteiger partial charge in [-0.2, -0.15) is 0 Å². The van der Waals surface area contributed by atoms with Gasteiger partial charge in [0.05, 0.1) is 23.2 Å². The summed E-state index contributed by atoms with van der Waals surface area (Å²) < 4.78 is 30.6. The number of hydrogen-bond donors (Lipinski definition) is 1. The number of aromatic nitrogens is 2. The number of amides is 1. The molecule has 1 amide bonds. The van der Waals surface area contributed by atoms with E-state index in [1.165, 1.54) is 30.5 Å². The lowest BCUT2D eigenvalue weighted by Crippen LogP contribution is -2.50. The van der Waals surface area contributed by atoms with Crippen LogP contribution in [0.2, 0.25) is 0 Å². The fraction of sp³-hybridized carbons (Fsp3) is 0.240. The van der Waals surface area contributed by atoms with Gasteiger partial charge >= 0.3 is 0 Å². The third-order valence-electron chi connectivity index (χ3n) is 6.05. The second kappa shape index (κ2) is 11.0. The number of benzene rings is 2. The van der Waals surface area contributed by atoms with Crippen molar-refractivity contribution >= 4 is 23.1 Å². The van der Waals surface area contributed by atoms with Crippen LogP contribution in [0.15, 0.2) is 69.9 Å². The molecule has 12 nitrogen and oxygen atoms in total. The zero-order valence-electron chi connectivity index (χ0n) is 20.1. The predicted molar refractivity (Wildman–Crippen MR) is 133 cm³/mol. The zero-order valence-corrected chi connectivity index (χ0v) is 20.1. The van der Waals surface area contributed by atoms with Gasteiger partial charge in [0.15, 0.2) is 18.2 Å². The molecular formula is C25H23FN6O6. The van der Waals surface area contributed by atoms with E-state index in [1.54, 1.807) is 35.2 Å². The van der Waals surface area contributed by atoms with Crippen molar-refractivity contribution in [3.63, 3.8) is 0 Å². The van der Waals surface area contributed by atoms with Gasteiger partial charge in [-0.05, 0) is 18.2 Å². The van der Waals surface area contributed by atoms with Crippen LogP contribution in [-0.4, -0.2) is 58.8 Å². The molecule has 1 saturated heterocycles. The van der Waals surface area contributed by atoms with Gasteiger partial charge < -0.3 is 28.9 Å². The number of rotatable bonds is 9. The molecule has 38 heavy (non-hydrogen) atoms. The molecule has 1 aliphatic rings. The number of nitro groups is 1. The average Bonchev–Trinajstić information content (AvgIpc) is 3.63. The molecule has 2 aromatic carbocycles. The lowest BCUT2D eigenvalue weighted by molar-refractivity contribution is -0.384. The summed E-state index contributed by atoms with van der Waals surface area (Å²) in [6.07, 6.45) is 1.45. The molecule has 0 aliphatic carbocycles. The first kappa shape index (κ1) is 24.7. The van der Waals surface area contributed by atoms with Gasteiger partial charge in [-0.1, -0.05) is 22.4 Å². The van der Waals surface area contributed by atoms with Crippen LogP contribution in [0.25, 0.3) is 11.3 Å². The summed E-state index contributed by atoms with van der Waals surface area (Å²) in [5, 5.41) is 21.7. The topological polar surface area (TPSA) is 140 Å². The Morgan fingerprint density at radius 3 is 2.68 bits per heavy atom. The minimum Gasteiger partial charge on any atom is -0.484 e. The molecule has 0 unspecified atom stereocenters. The summed E-state index contributed by atoms with van der Waals surface area (Å²) in [6, 6.07) is 13.9. The molecule has 1 fully saturated rings. The second-order valence-corrected chi connectivity index (χ2v) is 8.49. The number of ether oxygens (including phenoxy) is 1. The van der Waals surface area contributed by atoms with Crippen molar-refractivity contribution in [3.05, 3.63) is 82.6 Å². The van der Waals surface area contributed by atoms with E-state index in [1.807, 2.05) is 4.90 Å². The number of nitrogens with zero attached hydrogens (tertiary/aromatic N) is 5. The van der Waals surface area contributed by atoms with E-state index in [4.69, 9.17) is 13.8 Å². The van der Waals surface area contributed by atoms with Crippen molar-refractivity contribution in [3.8, 4) is 17.0 Å². The van der Waals surface area contributed by atoms with E-state index < -0.39 is 10.7 Å². The maximum atomic E-state index is 15.0. The Balaban J connectivity index is 1.13. The standard InChI is InChI=1S/C25H23FN6O6/c26-21-12-17(22-14-20(38-28-22)15-27-24-6-11-37-29-24)4-5-23(21)30-7-9-31(10-8-30)25(33)16-36-19-3-1-2-18(13-19)32(34)35/h1-6,11-14H,7-10,15-16H2,(H,27,29). The fourth-order valence-electron chi connectivity index (χ4n) is 4.06. The highest BCUT2D eigenvalue weighted by molar-refractivity contribution is 5.78. The number of nitro benzene ring substituents is 1. The van der Waals surface area contributed by atoms with Crippen LogP contribution in [0.3, 0.4) is 0 Å². The quantitative estimate of drug-likeness (QED) is 0.255. The summed E-state index contributed by atoms with van der Waals surface area (Å²) in [5.74, 6) is 0.727. The van der Waals surface area contributed by atoms with Crippen molar-refractivity contribution in [2.24, 2.45) is 0 Å². The molecule has 196 valence electrons. The first-order valence-electron chi connectivity index (χ1n) is 11.8. The average molecular weight is 522 g/mol. The minimum absolute atomic E-state index is 0.111. The Morgan fingerprint density at radius 1 is 1.11 bits per heavy atom. The SMILES string of the molecule is O=C(COc1cccc([N+](=O)[O-])c1)N1CCN(c2ccc(-c3cc(CNc4ccon4)on3)cc2F)CC1.